The van der Waals surface area contributed by atoms with E-state index in [1.807, 2.05) is 24.3 Å². The maximum atomic E-state index is 12.8. The average Bonchev–Trinajstić information content (AvgIpc) is 3.17. The Labute approximate surface area is 160 Å². The van der Waals surface area contributed by atoms with Gasteiger partial charge in [-0.15, -0.1) is 0 Å². The monoisotopic (exact) mass is 397 g/mol. The van der Waals surface area contributed by atoms with Crippen molar-refractivity contribution in [1.29, 1.82) is 0 Å². The van der Waals surface area contributed by atoms with E-state index in [4.69, 9.17) is 4.74 Å². The van der Waals surface area contributed by atoms with E-state index in [0.29, 0.717) is 32.6 Å². The topological polar surface area (TPSA) is 94.2 Å². The number of carbonyl (C=O) groups is 1. The minimum Gasteiger partial charge on any atom is -0.496 e. The summed E-state index contributed by atoms with van der Waals surface area (Å²) in [4.78, 5) is 14.6. The fourth-order valence-electron chi connectivity index (χ4n) is 3.47. The van der Waals surface area contributed by atoms with Crippen LogP contribution in [-0.4, -0.2) is 81.3 Å². The molecular formula is C17H27N5O4S. The van der Waals surface area contributed by atoms with E-state index in [0.717, 1.165) is 11.3 Å². The number of amides is 1. The van der Waals surface area contributed by atoms with E-state index in [2.05, 4.69) is 10.9 Å². The van der Waals surface area contributed by atoms with Crippen LogP contribution in [0.5, 0.6) is 5.75 Å². The molecule has 27 heavy (non-hydrogen) atoms. The molecule has 2 unspecified atom stereocenters. The van der Waals surface area contributed by atoms with Crippen molar-refractivity contribution in [3.05, 3.63) is 29.8 Å². The average molecular weight is 398 g/mol. The van der Waals surface area contributed by atoms with E-state index in [-0.39, 0.29) is 18.0 Å². The minimum atomic E-state index is -3.43. The van der Waals surface area contributed by atoms with E-state index in [1.54, 1.807) is 12.0 Å². The molecule has 2 saturated heterocycles. The molecule has 0 saturated carbocycles. The quantitative estimate of drug-likeness (QED) is 0.699. The van der Waals surface area contributed by atoms with Crippen molar-refractivity contribution in [2.75, 3.05) is 47.4 Å². The molecule has 2 fully saturated rings. The number of para-hydroxylation sites is 1. The summed E-state index contributed by atoms with van der Waals surface area (Å²) in [6.07, 6.45) is 0.607. The van der Waals surface area contributed by atoms with Crippen LogP contribution in [0.1, 0.15) is 18.0 Å². The Morgan fingerprint density at radius 2 is 1.81 bits per heavy atom. The molecule has 0 aromatic heterocycles. The van der Waals surface area contributed by atoms with Gasteiger partial charge in [0.25, 0.3) is 10.2 Å². The number of hydrogen-bond donors (Lipinski definition) is 2. The maximum Gasteiger partial charge on any atom is 0.281 e. The lowest BCUT2D eigenvalue weighted by atomic mass is 10.0. The minimum absolute atomic E-state index is 0.0122. The van der Waals surface area contributed by atoms with Gasteiger partial charge in [0.2, 0.25) is 5.91 Å². The van der Waals surface area contributed by atoms with Crippen LogP contribution in [0.2, 0.25) is 0 Å². The van der Waals surface area contributed by atoms with Gasteiger partial charge in [0, 0.05) is 45.8 Å². The molecule has 1 amide bonds. The molecule has 150 valence electrons. The van der Waals surface area contributed by atoms with Crippen molar-refractivity contribution >= 4 is 16.1 Å². The zero-order valence-corrected chi connectivity index (χ0v) is 16.7. The fraction of sp³-hybridized carbons (Fsp3) is 0.588. The van der Waals surface area contributed by atoms with Gasteiger partial charge in [-0.1, -0.05) is 18.2 Å². The molecule has 2 atom stereocenters. The van der Waals surface area contributed by atoms with Crippen molar-refractivity contribution in [3.8, 4) is 5.75 Å². The van der Waals surface area contributed by atoms with Crippen molar-refractivity contribution < 1.29 is 17.9 Å². The van der Waals surface area contributed by atoms with Crippen LogP contribution in [0.4, 0.5) is 0 Å². The summed E-state index contributed by atoms with van der Waals surface area (Å²) in [6, 6.07) is 7.36. The normalized spacial score (nSPS) is 24.4. The summed E-state index contributed by atoms with van der Waals surface area (Å²) in [6.45, 7) is 1.40. The summed E-state index contributed by atoms with van der Waals surface area (Å²) in [7, 11) is 1.22. The molecule has 2 heterocycles. The SMILES string of the molecule is COc1ccccc1C1CC(C(=O)N2CCN(S(=O)(=O)N(C)C)CC2)NN1. The van der Waals surface area contributed by atoms with E-state index in [1.165, 1.54) is 22.7 Å². The predicted octanol–water partition coefficient (Wildman–Crippen LogP) is -0.447. The number of carbonyl (C=O) groups excluding carboxylic acids is 1. The number of nitrogens with one attached hydrogen (secondary N) is 2. The number of benzene rings is 1. The summed E-state index contributed by atoms with van der Waals surface area (Å²) in [5.41, 5.74) is 7.26. The summed E-state index contributed by atoms with van der Waals surface area (Å²) in [5, 5.41) is 0. The van der Waals surface area contributed by atoms with Crippen LogP contribution < -0.4 is 15.6 Å². The molecule has 0 aliphatic carbocycles. The highest BCUT2D eigenvalue weighted by atomic mass is 32.2. The molecule has 3 rings (SSSR count). The Balaban J connectivity index is 1.59. The van der Waals surface area contributed by atoms with E-state index >= 15 is 0 Å². The second kappa shape index (κ2) is 8.11. The first kappa shape index (κ1) is 20.0. The van der Waals surface area contributed by atoms with Gasteiger partial charge in [0.15, 0.2) is 0 Å². The van der Waals surface area contributed by atoms with Crippen molar-refractivity contribution in [1.82, 2.24) is 24.4 Å². The lowest BCUT2D eigenvalue weighted by Gasteiger charge is -2.36. The summed E-state index contributed by atoms with van der Waals surface area (Å²) >= 11 is 0. The van der Waals surface area contributed by atoms with Crippen molar-refractivity contribution in [3.63, 3.8) is 0 Å². The van der Waals surface area contributed by atoms with Crippen LogP contribution in [0.25, 0.3) is 0 Å². The van der Waals surface area contributed by atoms with Gasteiger partial charge in [0.1, 0.15) is 11.8 Å². The third kappa shape index (κ3) is 4.09. The number of ether oxygens (including phenoxy) is 1. The lowest BCUT2D eigenvalue weighted by molar-refractivity contribution is -0.134. The Morgan fingerprint density at radius 1 is 1.15 bits per heavy atom. The first-order valence-electron chi connectivity index (χ1n) is 8.95. The van der Waals surface area contributed by atoms with Gasteiger partial charge in [0.05, 0.1) is 13.2 Å². The number of rotatable bonds is 5. The predicted molar refractivity (Wildman–Crippen MR) is 101 cm³/mol. The highest BCUT2D eigenvalue weighted by Gasteiger charge is 2.36. The fourth-order valence-corrected chi connectivity index (χ4v) is 4.55. The van der Waals surface area contributed by atoms with E-state index < -0.39 is 10.2 Å². The lowest BCUT2D eigenvalue weighted by Crippen LogP contribution is -2.56. The van der Waals surface area contributed by atoms with Gasteiger partial charge >= 0.3 is 0 Å². The molecule has 9 nitrogen and oxygen atoms in total. The third-order valence-corrected chi connectivity index (χ3v) is 6.99. The highest BCUT2D eigenvalue weighted by Crippen LogP contribution is 2.30. The Bertz CT molecular complexity index is 777. The van der Waals surface area contributed by atoms with Crippen LogP contribution in [0.15, 0.2) is 24.3 Å². The van der Waals surface area contributed by atoms with Gasteiger partial charge in [-0.25, -0.2) is 10.9 Å². The first-order valence-corrected chi connectivity index (χ1v) is 10.3. The number of piperazine rings is 1. The maximum absolute atomic E-state index is 12.8. The molecular weight excluding hydrogens is 370 g/mol. The number of nitrogens with zero attached hydrogens (tertiary/aromatic N) is 3. The van der Waals surface area contributed by atoms with Crippen LogP contribution in [0, 0.1) is 0 Å². The Morgan fingerprint density at radius 3 is 2.44 bits per heavy atom. The van der Waals surface area contributed by atoms with Crippen molar-refractivity contribution in [2.45, 2.75) is 18.5 Å². The zero-order chi connectivity index (χ0) is 19.6. The largest absolute Gasteiger partial charge is 0.496 e. The molecule has 0 spiro atoms. The van der Waals surface area contributed by atoms with Gasteiger partial charge < -0.3 is 9.64 Å². The molecule has 1 aromatic rings. The van der Waals surface area contributed by atoms with E-state index in [9.17, 15) is 13.2 Å². The molecule has 0 radical (unpaired) electrons. The zero-order valence-electron chi connectivity index (χ0n) is 15.9. The second-order valence-corrected chi connectivity index (χ2v) is 9.03. The number of hydrogen-bond acceptors (Lipinski definition) is 6. The molecule has 0 bridgehead atoms. The highest BCUT2D eigenvalue weighted by molar-refractivity contribution is 7.86. The second-order valence-electron chi connectivity index (χ2n) is 6.89. The van der Waals surface area contributed by atoms with Crippen LogP contribution >= 0.6 is 0 Å². The van der Waals surface area contributed by atoms with Crippen molar-refractivity contribution in [2.24, 2.45) is 0 Å². The molecule has 2 aliphatic heterocycles. The van der Waals surface area contributed by atoms with Gasteiger partial charge in [-0.05, 0) is 12.5 Å². The molecule has 2 N–H and O–H groups in total. The smallest absolute Gasteiger partial charge is 0.281 e. The Kier molecular flexibility index (Phi) is 6.02. The number of hydrazine groups is 1. The summed E-state index contributed by atoms with van der Waals surface area (Å²) < 4.78 is 32.4. The molecule has 10 heteroatoms. The standard InChI is InChI=1S/C17H27N5O4S/c1-20(2)27(24,25)22-10-8-21(9-11-22)17(23)15-12-14(18-19-15)13-6-4-5-7-16(13)26-3/h4-7,14-15,18-19H,8-12H2,1-3H3. The molecule has 1 aromatic carbocycles. The van der Waals surface area contributed by atoms with Gasteiger partial charge in [-0.3, -0.25) is 4.79 Å². The Hall–Kier alpha value is -1.72. The molecule has 2 aliphatic rings. The third-order valence-electron chi connectivity index (χ3n) is 5.05. The van der Waals surface area contributed by atoms with Crippen LogP contribution in [0.3, 0.4) is 0 Å². The van der Waals surface area contributed by atoms with Crippen LogP contribution in [-0.2, 0) is 15.0 Å². The number of methoxy groups -OCH3 is 1. The van der Waals surface area contributed by atoms with Gasteiger partial charge in [-0.2, -0.15) is 17.0 Å². The first-order chi connectivity index (χ1) is 12.8. The summed E-state index contributed by atoms with van der Waals surface area (Å²) in [5.74, 6) is 0.772.